The summed E-state index contributed by atoms with van der Waals surface area (Å²) in [5.41, 5.74) is 6.65. The molecule has 3 N–H and O–H groups in total. The molecule has 0 aromatic rings. The van der Waals surface area contributed by atoms with Gasteiger partial charge in [0.2, 0.25) is 0 Å². The van der Waals surface area contributed by atoms with Crippen molar-refractivity contribution in [2.45, 2.75) is 47.1 Å². The van der Waals surface area contributed by atoms with E-state index in [1.165, 1.54) is 5.70 Å². The third-order valence-electron chi connectivity index (χ3n) is 1.24. The average Bonchev–Trinajstić information content (AvgIpc) is 2.07. The van der Waals surface area contributed by atoms with E-state index in [1.54, 1.807) is 0 Å². The lowest BCUT2D eigenvalue weighted by atomic mass is 10.2. The van der Waals surface area contributed by atoms with Crippen LogP contribution in [0.15, 0.2) is 11.8 Å². The van der Waals surface area contributed by atoms with Crippen molar-refractivity contribution in [2.24, 2.45) is 5.73 Å². The summed E-state index contributed by atoms with van der Waals surface area (Å²) in [6.07, 6.45) is 3.03. The highest BCUT2D eigenvalue weighted by atomic mass is 14.9. The standard InChI is InChI=1S/C8H18N2.C2H6/c1-4-8(5-6-9)10-7(2)3;1-2/h4,7,10H,5-6,9H2,1-3H3;1-2H3/b8-4-;. The van der Waals surface area contributed by atoms with Gasteiger partial charge >= 0.3 is 0 Å². The number of hydrogen-bond donors (Lipinski definition) is 2. The van der Waals surface area contributed by atoms with Gasteiger partial charge in [-0.1, -0.05) is 19.9 Å². The maximum absolute atomic E-state index is 5.40. The van der Waals surface area contributed by atoms with Crippen LogP contribution in [0.1, 0.15) is 41.0 Å². The summed E-state index contributed by atoms with van der Waals surface area (Å²) in [5.74, 6) is 0. The van der Waals surface area contributed by atoms with Crippen LogP contribution in [0.3, 0.4) is 0 Å². The molecule has 0 bridgehead atoms. The van der Waals surface area contributed by atoms with Crippen molar-refractivity contribution in [1.82, 2.24) is 5.32 Å². The number of nitrogens with one attached hydrogen (secondary N) is 1. The SMILES string of the molecule is C/C=C(/CCN)NC(C)C.CC. The molecular weight excluding hydrogens is 148 g/mol. The number of hydrogen-bond acceptors (Lipinski definition) is 2. The summed E-state index contributed by atoms with van der Waals surface area (Å²) < 4.78 is 0. The summed E-state index contributed by atoms with van der Waals surface area (Å²) in [6.45, 7) is 11.0. The highest BCUT2D eigenvalue weighted by Crippen LogP contribution is 1.95. The molecule has 2 heteroatoms. The molecule has 12 heavy (non-hydrogen) atoms. The lowest BCUT2D eigenvalue weighted by Crippen LogP contribution is -2.23. The Morgan fingerprint density at radius 3 is 2.17 bits per heavy atom. The molecule has 0 aliphatic carbocycles. The first-order valence-electron chi connectivity index (χ1n) is 4.82. The Balaban J connectivity index is 0. The van der Waals surface area contributed by atoms with Crippen LogP contribution in [0.2, 0.25) is 0 Å². The van der Waals surface area contributed by atoms with Crippen LogP contribution in [-0.4, -0.2) is 12.6 Å². The van der Waals surface area contributed by atoms with Crippen LogP contribution < -0.4 is 11.1 Å². The molecule has 0 aromatic carbocycles. The summed E-state index contributed by atoms with van der Waals surface area (Å²) in [7, 11) is 0. The van der Waals surface area contributed by atoms with Crippen molar-refractivity contribution in [1.29, 1.82) is 0 Å². The molecule has 0 fully saturated rings. The largest absolute Gasteiger partial charge is 0.386 e. The van der Waals surface area contributed by atoms with Gasteiger partial charge in [0, 0.05) is 11.7 Å². The summed E-state index contributed by atoms with van der Waals surface area (Å²) >= 11 is 0. The van der Waals surface area contributed by atoms with Crippen LogP contribution >= 0.6 is 0 Å². The van der Waals surface area contributed by atoms with Crippen LogP contribution in [0.25, 0.3) is 0 Å². The molecule has 0 aliphatic heterocycles. The smallest absolute Gasteiger partial charge is 0.0201 e. The van der Waals surface area contributed by atoms with Crippen molar-refractivity contribution in [3.8, 4) is 0 Å². The summed E-state index contributed by atoms with van der Waals surface area (Å²) in [5, 5.41) is 3.31. The van der Waals surface area contributed by atoms with Crippen molar-refractivity contribution in [3.05, 3.63) is 11.8 Å². The zero-order chi connectivity index (χ0) is 9.98. The van der Waals surface area contributed by atoms with Crippen LogP contribution in [-0.2, 0) is 0 Å². The molecule has 74 valence electrons. The van der Waals surface area contributed by atoms with Gasteiger partial charge in [-0.25, -0.2) is 0 Å². The predicted octanol–water partition coefficient (Wildman–Crippen LogP) is 2.26. The molecular formula is C10H24N2. The number of nitrogens with two attached hydrogens (primary N) is 1. The van der Waals surface area contributed by atoms with Gasteiger partial charge in [0.15, 0.2) is 0 Å². The van der Waals surface area contributed by atoms with Crippen molar-refractivity contribution in [3.63, 3.8) is 0 Å². The van der Waals surface area contributed by atoms with E-state index in [9.17, 15) is 0 Å². The second kappa shape index (κ2) is 10.5. The fourth-order valence-electron chi connectivity index (χ4n) is 0.826. The number of allylic oxidation sites excluding steroid dienone is 1. The first kappa shape index (κ1) is 14.0. The van der Waals surface area contributed by atoms with Crippen molar-refractivity contribution in [2.75, 3.05) is 6.54 Å². The van der Waals surface area contributed by atoms with Gasteiger partial charge in [-0.2, -0.15) is 0 Å². The Kier molecular flexibility index (Phi) is 12.3. The molecule has 0 unspecified atom stereocenters. The average molecular weight is 172 g/mol. The van der Waals surface area contributed by atoms with E-state index in [-0.39, 0.29) is 0 Å². The second-order valence-electron chi connectivity index (χ2n) is 2.65. The monoisotopic (exact) mass is 172 g/mol. The molecule has 0 aliphatic rings. The minimum atomic E-state index is 0.512. The minimum absolute atomic E-state index is 0.512. The maximum Gasteiger partial charge on any atom is 0.0201 e. The Morgan fingerprint density at radius 1 is 1.42 bits per heavy atom. The fraction of sp³-hybridized carbons (Fsp3) is 0.800. The maximum atomic E-state index is 5.40. The van der Waals surface area contributed by atoms with Gasteiger partial charge in [-0.05, 0) is 33.7 Å². The highest BCUT2D eigenvalue weighted by Gasteiger charge is 1.94. The second-order valence-corrected chi connectivity index (χ2v) is 2.65. The first-order chi connectivity index (χ1) is 5.70. The molecule has 0 amide bonds. The molecule has 0 saturated heterocycles. The lowest BCUT2D eigenvalue weighted by Gasteiger charge is -2.12. The van der Waals surface area contributed by atoms with E-state index in [4.69, 9.17) is 5.73 Å². The van der Waals surface area contributed by atoms with E-state index in [0.29, 0.717) is 6.04 Å². The Hall–Kier alpha value is -0.500. The Morgan fingerprint density at radius 2 is 1.92 bits per heavy atom. The summed E-state index contributed by atoms with van der Waals surface area (Å²) in [4.78, 5) is 0. The minimum Gasteiger partial charge on any atom is -0.386 e. The third kappa shape index (κ3) is 9.50. The zero-order valence-corrected chi connectivity index (χ0v) is 9.15. The molecule has 0 saturated carbocycles. The molecule has 0 heterocycles. The topological polar surface area (TPSA) is 38.0 Å². The van der Waals surface area contributed by atoms with Gasteiger partial charge < -0.3 is 11.1 Å². The molecule has 0 rings (SSSR count). The highest BCUT2D eigenvalue weighted by molar-refractivity contribution is 4.98. The third-order valence-corrected chi connectivity index (χ3v) is 1.24. The van der Waals surface area contributed by atoms with E-state index in [2.05, 4.69) is 25.2 Å². The molecule has 0 spiro atoms. The molecule has 2 nitrogen and oxygen atoms in total. The van der Waals surface area contributed by atoms with Gasteiger partial charge in [-0.3, -0.25) is 0 Å². The molecule has 0 radical (unpaired) electrons. The van der Waals surface area contributed by atoms with E-state index >= 15 is 0 Å². The van der Waals surface area contributed by atoms with Crippen LogP contribution in [0, 0.1) is 0 Å². The zero-order valence-electron chi connectivity index (χ0n) is 9.15. The molecule has 0 atom stereocenters. The van der Waals surface area contributed by atoms with Crippen molar-refractivity contribution < 1.29 is 0 Å². The Bertz CT molecular complexity index is 106. The van der Waals surface area contributed by atoms with Crippen molar-refractivity contribution >= 4 is 0 Å². The predicted molar refractivity (Wildman–Crippen MR) is 57.0 cm³/mol. The fourth-order valence-corrected chi connectivity index (χ4v) is 0.826. The first-order valence-corrected chi connectivity index (χ1v) is 4.82. The van der Waals surface area contributed by atoms with E-state index < -0.39 is 0 Å². The van der Waals surface area contributed by atoms with E-state index in [1.807, 2.05) is 20.8 Å². The normalized spacial score (nSPS) is 10.8. The summed E-state index contributed by atoms with van der Waals surface area (Å²) in [6, 6.07) is 0.512. The van der Waals surface area contributed by atoms with Gasteiger partial charge in [0.1, 0.15) is 0 Å². The van der Waals surface area contributed by atoms with Gasteiger partial charge in [0.05, 0.1) is 0 Å². The molecule has 0 aromatic heterocycles. The van der Waals surface area contributed by atoms with Gasteiger partial charge in [0.25, 0.3) is 0 Å². The van der Waals surface area contributed by atoms with Crippen LogP contribution in [0.4, 0.5) is 0 Å². The van der Waals surface area contributed by atoms with Gasteiger partial charge in [-0.15, -0.1) is 0 Å². The Labute approximate surface area is 77.2 Å². The van der Waals surface area contributed by atoms with E-state index in [0.717, 1.165) is 13.0 Å². The van der Waals surface area contributed by atoms with Crippen LogP contribution in [0.5, 0.6) is 0 Å². The quantitative estimate of drug-likeness (QED) is 0.682. The lowest BCUT2D eigenvalue weighted by molar-refractivity contribution is 0.642. The number of rotatable bonds is 4.